The van der Waals surface area contributed by atoms with E-state index in [1.54, 1.807) is 13.0 Å². The minimum absolute atomic E-state index is 0.00759. The SMILES string of the molecule is CC(C)OCc1c(C(=O)O[C@H]2C[C@H](C)OC2=O)oc2ccccc12. The molecule has 0 N–H and O–H groups in total. The molecule has 1 aliphatic rings. The lowest BCUT2D eigenvalue weighted by Crippen LogP contribution is -2.23. The van der Waals surface area contributed by atoms with Crippen molar-refractivity contribution in [2.45, 2.75) is 52.1 Å². The standard InChI is InChI=1S/C18H20O6/c1-10(2)21-9-13-12-6-4-5-7-14(12)23-16(13)18(20)24-15-8-11(3)22-17(15)19/h4-7,10-11,15H,8-9H2,1-3H3/t11-,15-/m0/s1. The average molecular weight is 332 g/mol. The summed E-state index contributed by atoms with van der Waals surface area (Å²) < 4.78 is 21.6. The second kappa shape index (κ2) is 6.65. The molecule has 24 heavy (non-hydrogen) atoms. The number of esters is 2. The van der Waals surface area contributed by atoms with Crippen LogP contribution in [-0.2, 0) is 25.6 Å². The molecule has 1 aromatic carbocycles. The predicted molar refractivity (Wildman–Crippen MR) is 85.5 cm³/mol. The van der Waals surface area contributed by atoms with Crippen molar-refractivity contribution >= 4 is 22.9 Å². The third-order valence-corrected chi connectivity index (χ3v) is 3.82. The molecule has 0 saturated carbocycles. The van der Waals surface area contributed by atoms with E-state index >= 15 is 0 Å². The molecule has 6 heteroatoms. The summed E-state index contributed by atoms with van der Waals surface area (Å²) in [6, 6.07) is 7.32. The highest BCUT2D eigenvalue weighted by atomic mass is 16.6. The Morgan fingerprint density at radius 1 is 1.33 bits per heavy atom. The summed E-state index contributed by atoms with van der Waals surface area (Å²) in [5.41, 5.74) is 1.21. The molecule has 6 nitrogen and oxygen atoms in total. The van der Waals surface area contributed by atoms with Gasteiger partial charge in [0.2, 0.25) is 11.9 Å². The van der Waals surface area contributed by atoms with Crippen molar-refractivity contribution in [1.82, 2.24) is 0 Å². The maximum atomic E-state index is 12.5. The van der Waals surface area contributed by atoms with Crippen LogP contribution in [0.3, 0.4) is 0 Å². The van der Waals surface area contributed by atoms with Crippen LogP contribution in [0.1, 0.15) is 43.3 Å². The molecule has 0 unspecified atom stereocenters. The number of hydrogen-bond donors (Lipinski definition) is 0. The van der Waals surface area contributed by atoms with E-state index in [9.17, 15) is 9.59 Å². The van der Waals surface area contributed by atoms with Crippen molar-refractivity contribution < 1.29 is 28.2 Å². The summed E-state index contributed by atoms with van der Waals surface area (Å²) in [5.74, 6) is -1.12. The van der Waals surface area contributed by atoms with Crippen molar-refractivity contribution in [2.24, 2.45) is 0 Å². The molecule has 128 valence electrons. The first-order valence-corrected chi connectivity index (χ1v) is 7.99. The van der Waals surface area contributed by atoms with Crippen LogP contribution in [-0.4, -0.2) is 30.3 Å². The summed E-state index contributed by atoms with van der Waals surface area (Å²) >= 11 is 0. The number of furan rings is 1. The van der Waals surface area contributed by atoms with E-state index in [4.69, 9.17) is 18.6 Å². The van der Waals surface area contributed by atoms with Crippen LogP contribution in [0.15, 0.2) is 28.7 Å². The first-order valence-electron chi connectivity index (χ1n) is 7.99. The Labute approximate surface area is 139 Å². The highest BCUT2D eigenvalue weighted by molar-refractivity contribution is 5.97. The molecule has 1 fully saturated rings. The summed E-state index contributed by atoms with van der Waals surface area (Å²) in [5, 5.41) is 0.799. The third-order valence-electron chi connectivity index (χ3n) is 3.82. The second-order valence-corrected chi connectivity index (χ2v) is 6.14. The molecule has 0 aliphatic carbocycles. The number of hydrogen-bond acceptors (Lipinski definition) is 6. The van der Waals surface area contributed by atoms with Gasteiger partial charge in [-0.25, -0.2) is 9.59 Å². The summed E-state index contributed by atoms with van der Waals surface area (Å²) in [6.45, 7) is 5.81. The van der Waals surface area contributed by atoms with Gasteiger partial charge >= 0.3 is 11.9 Å². The van der Waals surface area contributed by atoms with Crippen molar-refractivity contribution in [2.75, 3.05) is 0 Å². The molecular formula is C18H20O6. The largest absolute Gasteiger partial charge is 0.460 e. The molecule has 3 rings (SSSR count). The molecule has 2 heterocycles. The highest BCUT2D eigenvalue weighted by Gasteiger charge is 2.36. The van der Waals surface area contributed by atoms with Crippen molar-refractivity contribution in [3.05, 3.63) is 35.6 Å². The number of rotatable bonds is 5. The Hall–Kier alpha value is -2.34. The molecule has 0 amide bonds. The fourth-order valence-corrected chi connectivity index (χ4v) is 2.66. The minimum Gasteiger partial charge on any atom is -0.460 e. The van der Waals surface area contributed by atoms with Gasteiger partial charge in [0.05, 0.1) is 12.7 Å². The number of ether oxygens (including phenoxy) is 3. The van der Waals surface area contributed by atoms with Crippen molar-refractivity contribution in [3.63, 3.8) is 0 Å². The van der Waals surface area contributed by atoms with Gasteiger partial charge in [-0.15, -0.1) is 0 Å². The topological polar surface area (TPSA) is 75.0 Å². The molecule has 0 radical (unpaired) electrons. The van der Waals surface area contributed by atoms with Crippen LogP contribution in [0.25, 0.3) is 11.0 Å². The fraction of sp³-hybridized carbons (Fsp3) is 0.444. The molecule has 1 aromatic heterocycles. The van der Waals surface area contributed by atoms with Crippen LogP contribution in [0, 0.1) is 0 Å². The Balaban J connectivity index is 1.88. The fourth-order valence-electron chi connectivity index (χ4n) is 2.66. The Morgan fingerprint density at radius 2 is 2.08 bits per heavy atom. The van der Waals surface area contributed by atoms with Crippen LogP contribution in [0.4, 0.5) is 0 Å². The van der Waals surface area contributed by atoms with E-state index in [0.717, 1.165) is 5.39 Å². The molecule has 0 spiro atoms. The lowest BCUT2D eigenvalue weighted by molar-refractivity contribution is -0.147. The van der Waals surface area contributed by atoms with Gasteiger partial charge in [0.15, 0.2) is 0 Å². The smallest absolute Gasteiger partial charge is 0.375 e. The van der Waals surface area contributed by atoms with Gasteiger partial charge in [0, 0.05) is 17.4 Å². The van der Waals surface area contributed by atoms with Gasteiger partial charge in [0.25, 0.3) is 0 Å². The number of cyclic esters (lactones) is 1. The number of fused-ring (bicyclic) bond motifs is 1. The number of carbonyl (C=O) groups excluding carboxylic acids is 2. The maximum absolute atomic E-state index is 12.5. The Kier molecular flexibility index (Phi) is 4.57. The second-order valence-electron chi connectivity index (χ2n) is 6.14. The van der Waals surface area contributed by atoms with E-state index < -0.39 is 18.0 Å². The molecule has 1 aliphatic heterocycles. The van der Waals surface area contributed by atoms with E-state index in [2.05, 4.69) is 0 Å². The van der Waals surface area contributed by atoms with Gasteiger partial charge in [0.1, 0.15) is 11.7 Å². The average Bonchev–Trinajstić information content (AvgIpc) is 3.05. The molecular weight excluding hydrogens is 312 g/mol. The monoisotopic (exact) mass is 332 g/mol. The number of para-hydroxylation sites is 1. The van der Waals surface area contributed by atoms with E-state index in [1.807, 2.05) is 32.0 Å². The lowest BCUT2D eigenvalue weighted by Gasteiger charge is -2.10. The Morgan fingerprint density at radius 3 is 2.75 bits per heavy atom. The van der Waals surface area contributed by atoms with Crippen LogP contribution >= 0.6 is 0 Å². The molecule has 0 bridgehead atoms. The highest BCUT2D eigenvalue weighted by Crippen LogP contribution is 2.29. The van der Waals surface area contributed by atoms with E-state index in [1.165, 1.54) is 0 Å². The zero-order valence-electron chi connectivity index (χ0n) is 13.9. The molecule has 2 atom stereocenters. The minimum atomic E-state index is -0.889. The number of benzene rings is 1. The van der Waals surface area contributed by atoms with E-state index in [-0.39, 0.29) is 24.6 Å². The van der Waals surface area contributed by atoms with Crippen LogP contribution < -0.4 is 0 Å². The normalized spacial score (nSPS) is 20.6. The summed E-state index contributed by atoms with van der Waals surface area (Å²) in [6.07, 6.45) is -0.787. The van der Waals surface area contributed by atoms with Gasteiger partial charge in [-0.3, -0.25) is 0 Å². The number of carbonyl (C=O) groups is 2. The van der Waals surface area contributed by atoms with E-state index in [0.29, 0.717) is 17.6 Å². The zero-order chi connectivity index (χ0) is 17.3. The zero-order valence-corrected chi connectivity index (χ0v) is 13.9. The third kappa shape index (κ3) is 3.28. The van der Waals surface area contributed by atoms with Crippen LogP contribution in [0.2, 0.25) is 0 Å². The first kappa shape index (κ1) is 16.5. The van der Waals surface area contributed by atoms with Gasteiger partial charge in [-0.05, 0) is 26.8 Å². The molecule has 2 aromatic rings. The van der Waals surface area contributed by atoms with Gasteiger partial charge in [-0.2, -0.15) is 0 Å². The van der Waals surface area contributed by atoms with Crippen LogP contribution in [0.5, 0.6) is 0 Å². The first-order chi connectivity index (χ1) is 11.5. The van der Waals surface area contributed by atoms with Crippen molar-refractivity contribution in [3.8, 4) is 0 Å². The quantitative estimate of drug-likeness (QED) is 0.783. The summed E-state index contributed by atoms with van der Waals surface area (Å²) in [4.78, 5) is 24.2. The lowest BCUT2D eigenvalue weighted by atomic mass is 10.1. The van der Waals surface area contributed by atoms with Crippen molar-refractivity contribution in [1.29, 1.82) is 0 Å². The molecule has 1 saturated heterocycles. The van der Waals surface area contributed by atoms with Gasteiger partial charge in [-0.1, -0.05) is 18.2 Å². The predicted octanol–water partition coefficient (Wildman–Crippen LogP) is 3.22. The maximum Gasteiger partial charge on any atom is 0.375 e. The summed E-state index contributed by atoms with van der Waals surface area (Å²) in [7, 11) is 0. The van der Waals surface area contributed by atoms with Gasteiger partial charge < -0.3 is 18.6 Å². The Bertz CT molecular complexity index is 760.